The van der Waals surface area contributed by atoms with Crippen LogP contribution in [-0.4, -0.2) is 25.7 Å². The Bertz CT molecular complexity index is 909. The van der Waals surface area contributed by atoms with E-state index in [0.717, 1.165) is 22.5 Å². The minimum atomic E-state index is -4.69. The van der Waals surface area contributed by atoms with Crippen molar-refractivity contribution in [3.63, 3.8) is 0 Å². The van der Waals surface area contributed by atoms with Crippen LogP contribution in [0.1, 0.15) is 40.6 Å². The lowest BCUT2D eigenvalue weighted by Crippen LogP contribution is -2.16. The van der Waals surface area contributed by atoms with Crippen LogP contribution < -0.4 is 5.32 Å². The Morgan fingerprint density at radius 2 is 1.84 bits per heavy atom. The van der Waals surface area contributed by atoms with Crippen LogP contribution in [-0.2, 0) is 19.0 Å². The lowest BCUT2D eigenvalue weighted by Gasteiger charge is -2.13. The predicted octanol–water partition coefficient (Wildman–Crippen LogP) is 3.58. The number of rotatable bonds is 4. The molecule has 2 aromatic heterocycles. The van der Waals surface area contributed by atoms with Gasteiger partial charge < -0.3 is 5.32 Å². The number of carbonyl (C=O) groups is 1. The number of alkyl halides is 3. The topological polar surface area (TPSA) is 72.2 Å². The quantitative estimate of drug-likeness (QED) is 0.763. The van der Waals surface area contributed by atoms with E-state index in [1.165, 1.54) is 0 Å². The average molecular weight is 369 g/mol. The second-order valence-electron chi connectivity index (χ2n) is 5.24. The number of amides is 1. The van der Waals surface area contributed by atoms with Crippen LogP contribution >= 0.6 is 11.3 Å². The fourth-order valence-electron chi connectivity index (χ4n) is 2.46. The van der Waals surface area contributed by atoms with Crippen LogP contribution in [0.5, 0.6) is 0 Å². The van der Waals surface area contributed by atoms with Gasteiger partial charge in [0.1, 0.15) is 0 Å². The number of hydrogen-bond acceptors (Lipinski definition) is 5. The monoisotopic (exact) mass is 369 g/mol. The molecule has 0 fully saturated rings. The van der Waals surface area contributed by atoms with E-state index in [0.29, 0.717) is 23.0 Å². The molecule has 0 aliphatic heterocycles. The molecule has 0 atom stereocenters. The number of carbonyl (C=O) groups excluding carboxylic acids is 1. The molecule has 10 heteroatoms. The van der Waals surface area contributed by atoms with Gasteiger partial charge in [-0.05, 0) is 24.0 Å². The highest BCUT2D eigenvalue weighted by atomic mass is 32.1. The van der Waals surface area contributed by atoms with Gasteiger partial charge in [-0.1, -0.05) is 43.4 Å². The summed E-state index contributed by atoms with van der Waals surface area (Å²) in [6.45, 7) is 3.92. The number of benzene rings is 1. The number of nitrogens with one attached hydrogen (secondary N) is 1. The molecule has 1 amide bonds. The standard InChI is InChI=1S/C15H14F3N5OS/c1-3-8-6-5-7-9(4-2)10(8)19-11(24)12-22-23-13(15(16,17)18)20-21-14(23)25-12/h5-7H,3-4H2,1-2H3,(H,19,24). The predicted molar refractivity (Wildman–Crippen MR) is 86.8 cm³/mol. The fraction of sp³-hybridized carbons (Fsp3) is 0.333. The van der Waals surface area contributed by atoms with Gasteiger partial charge in [-0.15, -0.1) is 15.3 Å². The minimum Gasteiger partial charge on any atom is -0.319 e. The SMILES string of the molecule is CCc1cccc(CC)c1NC(=O)c1nn2c(C(F)(F)F)nnc2s1. The second-order valence-corrected chi connectivity index (χ2v) is 6.19. The van der Waals surface area contributed by atoms with Crippen LogP contribution in [0.4, 0.5) is 18.9 Å². The summed E-state index contributed by atoms with van der Waals surface area (Å²) in [6, 6.07) is 5.70. The van der Waals surface area contributed by atoms with Crippen molar-refractivity contribution in [1.82, 2.24) is 19.8 Å². The Labute approximate surface area is 144 Å². The molecule has 3 aromatic rings. The fourth-order valence-corrected chi connectivity index (χ4v) is 3.19. The van der Waals surface area contributed by atoms with Gasteiger partial charge in [0, 0.05) is 5.69 Å². The van der Waals surface area contributed by atoms with Gasteiger partial charge in [-0.3, -0.25) is 4.79 Å². The zero-order chi connectivity index (χ0) is 18.2. The lowest BCUT2D eigenvalue weighted by molar-refractivity contribution is -0.146. The van der Waals surface area contributed by atoms with Crippen molar-refractivity contribution >= 4 is 27.9 Å². The summed E-state index contributed by atoms with van der Waals surface area (Å²) in [6.07, 6.45) is -3.26. The Kier molecular flexibility index (Phi) is 4.46. The molecule has 132 valence electrons. The summed E-state index contributed by atoms with van der Waals surface area (Å²) in [7, 11) is 0. The molecule has 2 heterocycles. The maximum Gasteiger partial charge on any atom is 0.453 e. The molecule has 25 heavy (non-hydrogen) atoms. The molecule has 0 bridgehead atoms. The molecule has 1 aromatic carbocycles. The van der Waals surface area contributed by atoms with E-state index in [4.69, 9.17) is 0 Å². The summed E-state index contributed by atoms with van der Waals surface area (Å²) in [5, 5.41) is 12.9. The Hall–Kier alpha value is -2.49. The first-order valence-electron chi connectivity index (χ1n) is 7.56. The van der Waals surface area contributed by atoms with Gasteiger partial charge >= 0.3 is 6.18 Å². The van der Waals surface area contributed by atoms with Crippen LogP contribution in [0.25, 0.3) is 4.96 Å². The molecule has 0 aliphatic carbocycles. The van der Waals surface area contributed by atoms with Gasteiger partial charge in [-0.25, -0.2) is 0 Å². The molecular formula is C15H14F3N5OS. The van der Waals surface area contributed by atoms with Gasteiger partial charge in [0.25, 0.3) is 11.7 Å². The zero-order valence-electron chi connectivity index (χ0n) is 13.4. The number of hydrogen-bond donors (Lipinski definition) is 1. The maximum atomic E-state index is 12.8. The minimum absolute atomic E-state index is 0.0861. The molecule has 1 N–H and O–H groups in total. The van der Waals surface area contributed by atoms with Crippen LogP contribution in [0.2, 0.25) is 0 Å². The van der Waals surface area contributed by atoms with Crippen LogP contribution in [0.3, 0.4) is 0 Å². The summed E-state index contributed by atoms with van der Waals surface area (Å²) in [4.78, 5) is 12.4. The average Bonchev–Trinajstić information content (AvgIpc) is 3.14. The van der Waals surface area contributed by atoms with Crippen molar-refractivity contribution in [3.05, 3.63) is 40.2 Å². The van der Waals surface area contributed by atoms with Crippen molar-refractivity contribution in [3.8, 4) is 0 Å². The number of para-hydroxylation sites is 1. The van der Waals surface area contributed by atoms with E-state index in [9.17, 15) is 18.0 Å². The first-order valence-corrected chi connectivity index (χ1v) is 8.38. The normalized spacial score (nSPS) is 11.9. The molecule has 0 radical (unpaired) electrons. The van der Waals surface area contributed by atoms with E-state index >= 15 is 0 Å². The number of anilines is 1. The smallest absolute Gasteiger partial charge is 0.319 e. The first-order chi connectivity index (χ1) is 11.8. The second kappa shape index (κ2) is 6.43. The van der Waals surface area contributed by atoms with Crippen molar-refractivity contribution in [2.45, 2.75) is 32.9 Å². The molecule has 3 rings (SSSR count). The number of nitrogens with zero attached hydrogens (tertiary/aromatic N) is 4. The third-order valence-electron chi connectivity index (χ3n) is 3.68. The zero-order valence-corrected chi connectivity index (χ0v) is 14.2. The van der Waals surface area contributed by atoms with Crippen molar-refractivity contribution in [2.75, 3.05) is 5.32 Å². The molecule has 0 saturated heterocycles. The Morgan fingerprint density at radius 3 is 2.40 bits per heavy atom. The maximum absolute atomic E-state index is 12.8. The van der Waals surface area contributed by atoms with Gasteiger partial charge in [-0.2, -0.15) is 17.7 Å². The van der Waals surface area contributed by atoms with Crippen molar-refractivity contribution in [2.24, 2.45) is 0 Å². The third-order valence-corrected chi connectivity index (χ3v) is 4.57. The van der Waals surface area contributed by atoms with Gasteiger partial charge in [0.15, 0.2) is 0 Å². The highest BCUT2D eigenvalue weighted by molar-refractivity contribution is 7.18. The summed E-state index contributed by atoms with van der Waals surface area (Å²) >= 11 is 0.755. The first kappa shape index (κ1) is 17.3. The summed E-state index contributed by atoms with van der Waals surface area (Å²) in [5.41, 5.74) is 2.58. The van der Waals surface area contributed by atoms with Gasteiger partial charge in [0.2, 0.25) is 9.97 Å². The molecule has 6 nitrogen and oxygen atoms in total. The van der Waals surface area contributed by atoms with Crippen molar-refractivity contribution in [1.29, 1.82) is 0 Å². The number of aromatic nitrogens is 4. The molecule has 0 spiro atoms. The van der Waals surface area contributed by atoms with E-state index in [-0.39, 0.29) is 9.97 Å². The number of aryl methyl sites for hydroxylation is 2. The van der Waals surface area contributed by atoms with Crippen LogP contribution in [0, 0.1) is 0 Å². The molecule has 0 saturated carbocycles. The molecular weight excluding hydrogens is 355 g/mol. The van der Waals surface area contributed by atoms with Crippen LogP contribution in [0.15, 0.2) is 18.2 Å². The third kappa shape index (κ3) is 3.21. The number of halogens is 3. The highest BCUT2D eigenvalue weighted by Crippen LogP contribution is 2.29. The Morgan fingerprint density at radius 1 is 1.20 bits per heavy atom. The van der Waals surface area contributed by atoms with Crippen molar-refractivity contribution < 1.29 is 18.0 Å². The number of fused-ring (bicyclic) bond motifs is 1. The van der Waals surface area contributed by atoms with E-state index in [2.05, 4.69) is 20.6 Å². The summed E-state index contributed by atoms with van der Waals surface area (Å²) < 4.78 is 39.1. The van der Waals surface area contributed by atoms with E-state index in [1.54, 1.807) is 0 Å². The summed E-state index contributed by atoms with van der Waals surface area (Å²) in [5.74, 6) is -1.82. The van der Waals surface area contributed by atoms with E-state index < -0.39 is 17.9 Å². The lowest BCUT2D eigenvalue weighted by atomic mass is 10.0. The van der Waals surface area contributed by atoms with E-state index in [1.807, 2.05) is 32.0 Å². The van der Waals surface area contributed by atoms with Gasteiger partial charge in [0.05, 0.1) is 0 Å². The molecule has 0 aliphatic rings. The molecule has 0 unspecified atom stereocenters. The Balaban J connectivity index is 1.95. The largest absolute Gasteiger partial charge is 0.453 e. The highest BCUT2D eigenvalue weighted by Gasteiger charge is 2.38.